The van der Waals surface area contributed by atoms with E-state index in [9.17, 15) is 4.79 Å². The largest absolute Gasteiger partial charge is 0.444 e. The number of rotatable bonds is 7. The predicted octanol–water partition coefficient (Wildman–Crippen LogP) is 1.95. The highest BCUT2D eigenvalue weighted by Gasteiger charge is 2.02. The third-order valence-electron chi connectivity index (χ3n) is 1.93. The molecule has 1 amide bonds. The summed E-state index contributed by atoms with van der Waals surface area (Å²) in [6.07, 6.45) is 5.93. The molecule has 4 heteroatoms. The summed E-state index contributed by atoms with van der Waals surface area (Å²) in [5.74, 6) is 0. The minimum atomic E-state index is -0.442. The highest BCUT2D eigenvalue weighted by Crippen LogP contribution is 1.99. The molecule has 0 heterocycles. The maximum Gasteiger partial charge on any atom is 0.407 e. The van der Waals surface area contributed by atoms with Gasteiger partial charge in [-0.25, -0.2) is 4.79 Å². The highest BCUT2D eigenvalue weighted by molar-refractivity contribution is 5.67. The van der Waals surface area contributed by atoms with Gasteiger partial charge in [-0.05, 0) is 18.6 Å². The van der Waals surface area contributed by atoms with Gasteiger partial charge in [-0.1, -0.05) is 24.5 Å². The summed E-state index contributed by atoms with van der Waals surface area (Å²) in [7, 11) is 0. The number of amides is 1. The molecule has 1 N–H and O–H groups in total. The molecule has 0 aromatic heterocycles. The van der Waals surface area contributed by atoms with Gasteiger partial charge in [-0.3, -0.25) is 0 Å². The normalized spacial score (nSPS) is 12.4. The van der Waals surface area contributed by atoms with Gasteiger partial charge in [0, 0.05) is 18.7 Å². The van der Waals surface area contributed by atoms with Crippen molar-refractivity contribution in [1.29, 1.82) is 0 Å². The van der Waals surface area contributed by atoms with Crippen LogP contribution in [0.15, 0.2) is 35.3 Å². The smallest absolute Gasteiger partial charge is 0.407 e. The first-order valence-corrected chi connectivity index (χ1v) is 5.68. The number of carbonyl (C=O) groups excluding carboxylic acids is 1. The van der Waals surface area contributed by atoms with Gasteiger partial charge >= 0.3 is 6.09 Å². The first-order valence-electron chi connectivity index (χ1n) is 5.68. The lowest BCUT2D eigenvalue weighted by Crippen LogP contribution is -2.28. The van der Waals surface area contributed by atoms with Gasteiger partial charge in [0.15, 0.2) is 0 Å². The fourth-order valence-corrected chi connectivity index (χ4v) is 1.14. The first-order chi connectivity index (χ1) is 8.33. The molecule has 0 saturated carbocycles. The summed E-state index contributed by atoms with van der Waals surface area (Å²) in [4.78, 5) is 11.2. The van der Waals surface area contributed by atoms with Crippen LogP contribution in [0, 0.1) is 0 Å². The van der Waals surface area contributed by atoms with Crippen molar-refractivity contribution in [3.8, 4) is 0 Å². The number of ether oxygens (including phenoxy) is 2. The zero-order valence-electron chi connectivity index (χ0n) is 9.99. The van der Waals surface area contributed by atoms with Crippen LogP contribution in [0.25, 0.3) is 0 Å². The minimum Gasteiger partial charge on any atom is -0.444 e. The fraction of sp³-hybridized carbons (Fsp3) is 0.462. The van der Waals surface area contributed by atoms with Crippen molar-refractivity contribution in [3.05, 3.63) is 35.3 Å². The third-order valence-corrected chi connectivity index (χ3v) is 1.93. The van der Waals surface area contributed by atoms with Crippen LogP contribution in [-0.2, 0) is 9.47 Å². The summed E-state index contributed by atoms with van der Waals surface area (Å²) in [5, 5.41) is 2.60. The SMILES string of the molecule is CCCOCCNC(=O)OCC1=C=C=CC=C1. The molecule has 0 unspecified atom stereocenters. The molecule has 0 aliphatic heterocycles. The van der Waals surface area contributed by atoms with E-state index >= 15 is 0 Å². The molecule has 4 nitrogen and oxygen atoms in total. The van der Waals surface area contributed by atoms with Gasteiger partial charge in [-0.15, -0.1) is 0 Å². The number of hydrogen-bond acceptors (Lipinski definition) is 3. The Kier molecular flexibility index (Phi) is 6.61. The molecule has 0 spiro atoms. The van der Waals surface area contributed by atoms with Crippen LogP contribution in [0.2, 0.25) is 0 Å². The molecule has 0 bridgehead atoms. The van der Waals surface area contributed by atoms with Crippen molar-refractivity contribution >= 4 is 6.09 Å². The highest BCUT2D eigenvalue weighted by atomic mass is 16.5. The monoisotopic (exact) mass is 235 g/mol. The molecular formula is C13H17NO3. The topological polar surface area (TPSA) is 47.6 Å². The maximum atomic E-state index is 11.2. The Bertz CT molecular complexity index is 372. The molecule has 0 radical (unpaired) electrons. The van der Waals surface area contributed by atoms with E-state index in [2.05, 4.69) is 16.8 Å². The predicted molar refractivity (Wildman–Crippen MR) is 64.7 cm³/mol. The van der Waals surface area contributed by atoms with Gasteiger partial charge in [0.1, 0.15) is 6.61 Å². The molecule has 0 saturated heterocycles. The molecule has 1 rings (SSSR count). The Balaban J connectivity index is 2.07. The van der Waals surface area contributed by atoms with Crippen molar-refractivity contribution in [1.82, 2.24) is 5.32 Å². The van der Waals surface area contributed by atoms with E-state index < -0.39 is 6.09 Å². The van der Waals surface area contributed by atoms with Gasteiger partial charge in [0.25, 0.3) is 0 Å². The number of hydrogen-bond donors (Lipinski definition) is 1. The molecule has 1 aliphatic rings. The summed E-state index contributed by atoms with van der Waals surface area (Å²) in [5.41, 5.74) is 6.44. The van der Waals surface area contributed by atoms with E-state index in [4.69, 9.17) is 9.47 Å². The standard InChI is InChI=1S/C13H17NO3/c1-2-9-16-10-8-14-13(15)17-11-12-6-4-3-5-7-12/h3-4,6H,2,8-11H2,1H3,(H,14,15). The Morgan fingerprint density at radius 3 is 3.06 bits per heavy atom. The van der Waals surface area contributed by atoms with Crippen LogP contribution in [0.3, 0.4) is 0 Å². The lowest BCUT2D eigenvalue weighted by atomic mass is 10.2. The van der Waals surface area contributed by atoms with E-state index in [1.165, 1.54) is 0 Å². The van der Waals surface area contributed by atoms with Crippen molar-refractivity contribution < 1.29 is 14.3 Å². The van der Waals surface area contributed by atoms with Crippen molar-refractivity contribution in [2.75, 3.05) is 26.4 Å². The number of carbonyl (C=O) groups is 1. The van der Waals surface area contributed by atoms with Gasteiger partial charge in [0.05, 0.1) is 6.61 Å². The first kappa shape index (κ1) is 13.3. The maximum absolute atomic E-state index is 11.2. The molecule has 0 aromatic carbocycles. The Labute approximate surface area is 101 Å². The van der Waals surface area contributed by atoms with Crippen LogP contribution in [-0.4, -0.2) is 32.5 Å². The van der Waals surface area contributed by atoms with E-state index in [0.717, 1.165) is 12.0 Å². The minimum absolute atomic E-state index is 0.207. The summed E-state index contributed by atoms with van der Waals surface area (Å²) in [6, 6.07) is 0. The Morgan fingerprint density at radius 2 is 2.35 bits per heavy atom. The second-order valence-corrected chi connectivity index (χ2v) is 3.44. The summed E-state index contributed by atoms with van der Waals surface area (Å²) < 4.78 is 10.2. The molecule has 92 valence electrons. The summed E-state index contributed by atoms with van der Waals surface area (Å²) in [6.45, 7) is 3.93. The van der Waals surface area contributed by atoms with E-state index in [-0.39, 0.29) is 6.61 Å². The van der Waals surface area contributed by atoms with E-state index in [1.807, 2.05) is 19.1 Å². The molecule has 0 aromatic rings. The van der Waals surface area contributed by atoms with Crippen LogP contribution in [0.1, 0.15) is 13.3 Å². The number of alkyl carbamates (subject to hydrolysis) is 1. The van der Waals surface area contributed by atoms with Crippen molar-refractivity contribution in [3.63, 3.8) is 0 Å². The van der Waals surface area contributed by atoms with Crippen LogP contribution in [0.4, 0.5) is 4.79 Å². The van der Waals surface area contributed by atoms with Gasteiger partial charge in [0.2, 0.25) is 0 Å². The van der Waals surface area contributed by atoms with Crippen LogP contribution >= 0.6 is 0 Å². The zero-order chi connectivity index (χ0) is 12.3. The number of nitrogens with one attached hydrogen (secondary N) is 1. The molecule has 0 atom stereocenters. The number of allylic oxidation sites excluding steroid dienone is 2. The molecule has 0 fully saturated rings. The lowest BCUT2D eigenvalue weighted by Gasteiger charge is -2.07. The lowest BCUT2D eigenvalue weighted by molar-refractivity contribution is 0.126. The second-order valence-electron chi connectivity index (χ2n) is 3.44. The Hall–Kier alpha value is -1.73. The average Bonchev–Trinajstić information content (AvgIpc) is 2.37. The third kappa shape index (κ3) is 6.44. The van der Waals surface area contributed by atoms with Gasteiger partial charge in [-0.2, -0.15) is 0 Å². The average molecular weight is 235 g/mol. The fourth-order valence-electron chi connectivity index (χ4n) is 1.14. The van der Waals surface area contributed by atoms with Crippen LogP contribution < -0.4 is 5.32 Å². The second kappa shape index (κ2) is 8.43. The summed E-state index contributed by atoms with van der Waals surface area (Å²) >= 11 is 0. The zero-order valence-corrected chi connectivity index (χ0v) is 9.99. The Morgan fingerprint density at radius 1 is 1.47 bits per heavy atom. The molecule has 17 heavy (non-hydrogen) atoms. The van der Waals surface area contributed by atoms with Gasteiger partial charge < -0.3 is 14.8 Å². The van der Waals surface area contributed by atoms with Crippen molar-refractivity contribution in [2.45, 2.75) is 13.3 Å². The quantitative estimate of drug-likeness (QED) is 0.542. The van der Waals surface area contributed by atoms with E-state index in [1.54, 1.807) is 6.08 Å². The van der Waals surface area contributed by atoms with Crippen molar-refractivity contribution in [2.24, 2.45) is 0 Å². The molecular weight excluding hydrogens is 218 g/mol. The van der Waals surface area contributed by atoms with E-state index in [0.29, 0.717) is 19.8 Å². The molecule has 1 aliphatic carbocycles. The van der Waals surface area contributed by atoms with Crippen LogP contribution in [0.5, 0.6) is 0 Å².